The lowest BCUT2D eigenvalue weighted by molar-refractivity contribution is 0.227. The number of carbonyl (C=O) groups excluding carboxylic acids is 1. The zero-order valence-corrected chi connectivity index (χ0v) is 8.06. The van der Waals surface area contributed by atoms with Gasteiger partial charge in [0.1, 0.15) is 0 Å². The van der Waals surface area contributed by atoms with Gasteiger partial charge in [0.15, 0.2) is 5.06 Å². The van der Waals surface area contributed by atoms with Gasteiger partial charge in [-0.1, -0.05) is 29.5 Å². The van der Waals surface area contributed by atoms with Crippen LogP contribution in [0.5, 0.6) is 5.06 Å². The first-order valence-corrected chi connectivity index (χ1v) is 4.81. The summed E-state index contributed by atoms with van der Waals surface area (Å²) in [5.74, 6) is 0. The zero-order chi connectivity index (χ0) is 9.26. The molecule has 0 fully saturated rings. The molecule has 66 valence electrons. The summed E-state index contributed by atoms with van der Waals surface area (Å²) in [6, 6.07) is 9.58. The van der Waals surface area contributed by atoms with Gasteiger partial charge < -0.3 is 4.74 Å². The van der Waals surface area contributed by atoms with Crippen molar-refractivity contribution in [1.82, 2.24) is 0 Å². The lowest BCUT2D eigenvalue weighted by atomic mass is 10.3. The average molecular weight is 213 g/mol. The van der Waals surface area contributed by atoms with Gasteiger partial charge in [-0.05, 0) is 11.5 Å². The SMILES string of the molecule is O=C(Cl)Oc1cc2ccccc2s1. The molecule has 2 nitrogen and oxygen atoms in total. The Morgan fingerprint density at radius 2 is 2.15 bits per heavy atom. The molecule has 0 aliphatic heterocycles. The molecule has 4 heteroatoms. The van der Waals surface area contributed by atoms with Crippen LogP contribution in [0.15, 0.2) is 30.3 Å². The highest BCUT2D eigenvalue weighted by atomic mass is 35.5. The number of hydrogen-bond acceptors (Lipinski definition) is 3. The largest absolute Gasteiger partial charge is 0.409 e. The second-order valence-corrected chi connectivity index (χ2v) is 3.80. The Kier molecular flexibility index (Phi) is 2.20. The van der Waals surface area contributed by atoms with Gasteiger partial charge in [0.05, 0.1) is 0 Å². The molecule has 0 bridgehead atoms. The number of halogens is 1. The normalized spacial score (nSPS) is 10.2. The van der Waals surface area contributed by atoms with E-state index in [1.54, 1.807) is 6.07 Å². The summed E-state index contributed by atoms with van der Waals surface area (Å²) in [6.07, 6.45) is 0. The van der Waals surface area contributed by atoms with Gasteiger partial charge in [-0.2, -0.15) is 0 Å². The molecule has 2 aromatic rings. The Morgan fingerprint density at radius 3 is 2.85 bits per heavy atom. The molecule has 0 saturated heterocycles. The van der Waals surface area contributed by atoms with E-state index in [4.69, 9.17) is 16.3 Å². The first kappa shape index (κ1) is 8.53. The molecule has 1 aromatic heterocycles. The Hall–Kier alpha value is -1.06. The molecule has 0 saturated carbocycles. The van der Waals surface area contributed by atoms with Gasteiger partial charge in [0.25, 0.3) is 0 Å². The fourth-order valence-electron chi connectivity index (χ4n) is 1.09. The quantitative estimate of drug-likeness (QED) is 0.675. The van der Waals surface area contributed by atoms with E-state index in [9.17, 15) is 4.79 Å². The zero-order valence-electron chi connectivity index (χ0n) is 6.49. The Labute approximate surface area is 83.7 Å². The van der Waals surface area contributed by atoms with Crippen LogP contribution in [0.2, 0.25) is 0 Å². The van der Waals surface area contributed by atoms with E-state index in [0.29, 0.717) is 5.06 Å². The van der Waals surface area contributed by atoms with Crippen molar-refractivity contribution in [3.8, 4) is 5.06 Å². The number of carbonyl (C=O) groups is 1. The number of rotatable bonds is 1. The predicted octanol–water partition coefficient (Wildman–Crippen LogP) is 3.64. The predicted molar refractivity (Wildman–Crippen MR) is 53.7 cm³/mol. The van der Waals surface area contributed by atoms with Crippen molar-refractivity contribution in [2.75, 3.05) is 0 Å². The third kappa shape index (κ3) is 1.82. The van der Waals surface area contributed by atoms with Crippen molar-refractivity contribution >= 4 is 38.5 Å². The van der Waals surface area contributed by atoms with Gasteiger partial charge in [-0.3, -0.25) is 0 Å². The maximum absolute atomic E-state index is 10.4. The molecule has 0 radical (unpaired) electrons. The lowest BCUT2D eigenvalue weighted by Crippen LogP contribution is -1.92. The van der Waals surface area contributed by atoms with Crippen LogP contribution in [0, 0.1) is 0 Å². The topological polar surface area (TPSA) is 26.3 Å². The number of thiophene rings is 1. The minimum atomic E-state index is -0.799. The second-order valence-electron chi connectivity index (χ2n) is 2.44. The molecule has 0 aliphatic rings. The summed E-state index contributed by atoms with van der Waals surface area (Å²) in [6.45, 7) is 0. The van der Waals surface area contributed by atoms with Crippen molar-refractivity contribution in [3.63, 3.8) is 0 Å². The highest BCUT2D eigenvalue weighted by molar-refractivity contribution is 7.20. The van der Waals surface area contributed by atoms with Crippen molar-refractivity contribution in [3.05, 3.63) is 30.3 Å². The third-order valence-corrected chi connectivity index (χ3v) is 2.65. The van der Waals surface area contributed by atoms with E-state index in [1.165, 1.54) is 11.3 Å². The van der Waals surface area contributed by atoms with E-state index >= 15 is 0 Å². The second kappa shape index (κ2) is 3.36. The van der Waals surface area contributed by atoms with E-state index in [2.05, 4.69) is 0 Å². The number of ether oxygens (including phenoxy) is 1. The van der Waals surface area contributed by atoms with Crippen LogP contribution in [0.1, 0.15) is 0 Å². The molecule has 1 heterocycles. The van der Waals surface area contributed by atoms with E-state index < -0.39 is 5.43 Å². The van der Waals surface area contributed by atoms with Crippen LogP contribution in [0.3, 0.4) is 0 Å². The Balaban J connectivity index is 2.44. The number of hydrogen-bond donors (Lipinski definition) is 0. The molecule has 0 unspecified atom stereocenters. The van der Waals surface area contributed by atoms with Crippen LogP contribution in [-0.4, -0.2) is 5.43 Å². The molecule has 2 rings (SSSR count). The fourth-order valence-corrected chi connectivity index (χ4v) is 2.13. The molecule has 0 spiro atoms. The molecular weight excluding hydrogens is 208 g/mol. The maximum Gasteiger partial charge on any atom is 0.409 e. The standard InChI is InChI=1S/C9H5ClO2S/c10-9(11)12-8-5-6-3-1-2-4-7(6)13-8/h1-5H. The van der Waals surface area contributed by atoms with Gasteiger partial charge in [0.2, 0.25) is 0 Å². The molecule has 0 aliphatic carbocycles. The highest BCUT2D eigenvalue weighted by Gasteiger charge is 2.04. The van der Waals surface area contributed by atoms with Gasteiger partial charge >= 0.3 is 5.43 Å². The van der Waals surface area contributed by atoms with Crippen molar-refractivity contribution in [2.24, 2.45) is 0 Å². The molecule has 0 atom stereocenters. The van der Waals surface area contributed by atoms with Crippen molar-refractivity contribution in [2.45, 2.75) is 0 Å². The first-order chi connectivity index (χ1) is 6.25. The maximum atomic E-state index is 10.4. The summed E-state index contributed by atoms with van der Waals surface area (Å²) < 4.78 is 5.82. The van der Waals surface area contributed by atoms with Gasteiger partial charge in [-0.15, -0.1) is 0 Å². The smallest absolute Gasteiger partial charge is 0.403 e. The van der Waals surface area contributed by atoms with Gasteiger partial charge in [0, 0.05) is 22.4 Å². The minimum absolute atomic E-state index is 0.529. The summed E-state index contributed by atoms with van der Waals surface area (Å²) in [4.78, 5) is 10.4. The fraction of sp³-hybridized carbons (Fsp3) is 0. The van der Waals surface area contributed by atoms with Crippen LogP contribution in [-0.2, 0) is 0 Å². The molecule has 0 N–H and O–H groups in total. The van der Waals surface area contributed by atoms with E-state index in [1.807, 2.05) is 24.3 Å². The van der Waals surface area contributed by atoms with Crippen LogP contribution in [0.4, 0.5) is 4.79 Å². The Morgan fingerprint density at radius 1 is 1.38 bits per heavy atom. The number of fused-ring (bicyclic) bond motifs is 1. The van der Waals surface area contributed by atoms with Crippen LogP contribution < -0.4 is 4.74 Å². The van der Waals surface area contributed by atoms with Crippen molar-refractivity contribution in [1.29, 1.82) is 0 Å². The van der Waals surface area contributed by atoms with E-state index in [-0.39, 0.29) is 0 Å². The highest BCUT2D eigenvalue weighted by Crippen LogP contribution is 2.31. The van der Waals surface area contributed by atoms with Crippen LogP contribution >= 0.6 is 22.9 Å². The molecular formula is C9H5ClO2S. The summed E-state index contributed by atoms with van der Waals surface area (Å²) in [7, 11) is 0. The van der Waals surface area contributed by atoms with Crippen LogP contribution in [0.25, 0.3) is 10.1 Å². The van der Waals surface area contributed by atoms with E-state index in [0.717, 1.165) is 10.1 Å². The molecule has 1 aromatic carbocycles. The lowest BCUT2D eigenvalue weighted by Gasteiger charge is -1.89. The summed E-state index contributed by atoms with van der Waals surface area (Å²) >= 11 is 6.48. The minimum Gasteiger partial charge on any atom is -0.403 e. The number of benzene rings is 1. The molecule has 0 amide bonds. The Bertz CT molecular complexity index is 417. The average Bonchev–Trinajstić information content (AvgIpc) is 2.44. The molecule has 13 heavy (non-hydrogen) atoms. The summed E-state index contributed by atoms with van der Waals surface area (Å²) in [5.41, 5.74) is -0.799. The third-order valence-electron chi connectivity index (χ3n) is 1.58. The van der Waals surface area contributed by atoms with Crippen molar-refractivity contribution < 1.29 is 9.53 Å². The monoisotopic (exact) mass is 212 g/mol. The first-order valence-electron chi connectivity index (χ1n) is 3.61. The van der Waals surface area contributed by atoms with Gasteiger partial charge in [-0.25, -0.2) is 4.79 Å². The summed E-state index contributed by atoms with van der Waals surface area (Å²) in [5, 5.41) is 1.58.